The van der Waals surface area contributed by atoms with Crippen LogP contribution < -0.4 is 10.6 Å². The molecule has 0 spiro atoms. The molecule has 3 amide bonds. The maximum absolute atomic E-state index is 14.1. The van der Waals surface area contributed by atoms with Gasteiger partial charge in [-0.3, -0.25) is 28.9 Å². The van der Waals surface area contributed by atoms with Gasteiger partial charge in [0.15, 0.2) is 6.10 Å². The number of carbonyl (C=O) groups is 5. The van der Waals surface area contributed by atoms with E-state index < -0.39 is 48.1 Å². The van der Waals surface area contributed by atoms with E-state index in [1.807, 2.05) is 32.7 Å². The number of methoxy groups -OCH3 is 1. The Balaban J connectivity index is 1.48. The van der Waals surface area contributed by atoms with Crippen LogP contribution >= 0.6 is 11.3 Å². The number of aromatic nitrogens is 3. The van der Waals surface area contributed by atoms with Crippen molar-refractivity contribution in [2.24, 2.45) is 17.8 Å². The highest BCUT2D eigenvalue weighted by Gasteiger charge is 2.38. The minimum absolute atomic E-state index is 0.0510. The van der Waals surface area contributed by atoms with Crippen LogP contribution in [0.4, 0.5) is 0 Å². The number of hydrogen-bond acceptors (Lipinski definition) is 13. The maximum Gasteiger partial charge on any atom is 0.308 e. The molecule has 0 unspecified atom stereocenters. The van der Waals surface area contributed by atoms with Crippen molar-refractivity contribution >= 4 is 41.0 Å². The molecule has 16 heteroatoms. The van der Waals surface area contributed by atoms with E-state index in [4.69, 9.17) is 14.2 Å². The summed E-state index contributed by atoms with van der Waals surface area (Å²) in [6, 6.07) is -1.99. The van der Waals surface area contributed by atoms with E-state index in [2.05, 4.69) is 25.6 Å². The predicted octanol–water partition coefficient (Wildman–Crippen LogP) is 3.26. The van der Waals surface area contributed by atoms with Gasteiger partial charge < -0.3 is 29.7 Å². The van der Waals surface area contributed by atoms with Crippen molar-refractivity contribution in [3.05, 3.63) is 39.9 Å². The number of nitrogens with one attached hydrogen (secondary N) is 2. The van der Waals surface area contributed by atoms with Gasteiger partial charge in [0, 0.05) is 63.2 Å². The standard InChI is InChI=1S/C38H57N7O8S/c1-22(2)30(45(7)37(49)28(16-26-9-10-26)42-35(48)31-20-52-14-13-44(31)6)17-32(53-25(5)46)36-43-29(21-54-36)34(47)41-27(15-24(4)38(50)51-8)11-12-33-39-18-23(3)19-40-33/h18-19,21-22,24,26-28,30-32H,9-17,20H2,1-8H3,(H,41,47)(H,42,48)/t24-,27-,28-,30+,31+,32+/m0/s1. The smallest absolute Gasteiger partial charge is 0.308 e. The molecular formula is C38H57N7O8S. The third kappa shape index (κ3) is 12.5. The van der Waals surface area contributed by atoms with Crippen molar-refractivity contribution in [1.29, 1.82) is 0 Å². The number of hydrogen-bond donors (Lipinski definition) is 2. The van der Waals surface area contributed by atoms with Crippen LogP contribution in [-0.2, 0) is 39.8 Å². The second kappa shape index (κ2) is 20.1. The van der Waals surface area contributed by atoms with Crippen LogP contribution in [0, 0.1) is 24.7 Å². The molecule has 1 saturated carbocycles. The maximum atomic E-state index is 14.1. The van der Waals surface area contributed by atoms with Gasteiger partial charge >= 0.3 is 11.9 Å². The molecule has 2 aromatic heterocycles. The number of rotatable bonds is 19. The van der Waals surface area contributed by atoms with E-state index >= 15 is 0 Å². The Kier molecular flexibility index (Phi) is 15.9. The van der Waals surface area contributed by atoms with Crippen LogP contribution in [0.3, 0.4) is 0 Å². The lowest BCUT2D eigenvalue weighted by molar-refractivity contribution is -0.149. The van der Waals surface area contributed by atoms with Crippen LogP contribution in [-0.4, -0.2) is 120 Å². The fourth-order valence-corrected chi connectivity index (χ4v) is 7.51. The van der Waals surface area contributed by atoms with Gasteiger partial charge in [-0.05, 0) is 50.6 Å². The van der Waals surface area contributed by atoms with Gasteiger partial charge in [-0.15, -0.1) is 11.3 Å². The summed E-state index contributed by atoms with van der Waals surface area (Å²) in [7, 11) is 4.93. The lowest BCUT2D eigenvalue weighted by Gasteiger charge is -2.37. The third-order valence-electron chi connectivity index (χ3n) is 10.1. The van der Waals surface area contributed by atoms with Crippen molar-refractivity contribution in [3.63, 3.8) is 0 Å². The van der Waals surface area contributed by atoms with Crippen molar-refractivity contribution < 1.29 is 38.2 Å². The lowest BCUT2D eigenvalue weighted by Crippen LogP contribution is -2.58. The largest absolute Gasteiger partial charge is 0.469 e. The third-order valence-corrected chi connectivity index (χ3v) is 11.1. The predicted molar refractivity (Wildman–Crippen MR) is 201 cm³/mol. The molecule has 4 rings (SSSR count). The van der Waals surface area contributed by atoms with Gasteiger partial charge in [0.05, 0.1) is 26.2 Å². The number of esters is 2. The number of carbonyl (C=O) groups excluding carboxylic acids is 5. The zero-order valence-electron chi connectivity index (χ0n) is 32.8. The summed E-state index contributed by atoms with van der Waals surface area (Å²) in [5, 5.41) is 8.07. The van der Waals surface area contributed by atoms with E-state index in [-0.39, 0.29) is 42.4 Å². The number of morpholine rings is 1. The van der Waals surface area contributed by atoms with Crippen LogP contribution in [0.25, 0.3) is 0 Å². The first-order valence-electron chi connectivity index (χ1n) is 18.8. The van der Waals surface area contributed by atoms with Crippen LogP contribution in [0.5, 0.6) is 0 Å². The molecule has 2 fully saturated rings. The van der Waals surface area contributed by atoms with Crippen LogP contribution in [0.2, 0.25) is 0 Å². The number of ether oxygens (including phenoxy) is 3. The molecule has 0 aromatic carbocycles. The van der Waals surface area contributed by atoms with E-state index in [1.54, 1.807) is 36.6 Å². The SMILES string of the molecule is COC(=O)[C@@H](C)C[C@H](CCc1ncc(C)cn1)NC(=O)c1csc([C@@H](C[C@H](C(C)C)N(C)C(=O)[C@H](CC2CC2)NC(=O)[C@H]2COCCN2C)OC(C)=O)n1. The molecule has 298 valence electrons. The minimum atomic E-state index is -0.838. The number of amides is 3. The Morgan fingerprint density at radius 3 is 2.41 bits per heavy atom. The Hall–Kier alpha value is -4.02. The normalized spacial score (nSPS) is 18.9. The summed E-state index contributed by atoms with van der Waals surface area (Å²) in [5.41, 5.74) is 1.08. The highest BCUT2D eigenvalue weighted by Crippen LogP contribution is 2.35. The van der Waals surface area contributed by atoms with Crippen molar-refractivity contribution in [2.75, 3.05) is 41.0 Å². The van der Waals surface area contributed by atoms with Gasteiger partial charge in [0.1, 0.15) is 28.6 Å². The van der Waals surface area contributed by atoms with E-state index in [0.717, 1.165) is 18.4 Å². The van der Waals surface area contributed by atoms with Gasteiger partial charge in [0.2, 0.25) is 11.8 Å². The molecule has 15 nitrogen and oxygen atoms in total. The Morgan fingerprint density at radius 1 is 1.09 bits per heavy atom. The highest BCUT2D eigenvalue weighted by molar-refractivity contribution is 7.09. The highest BCUT2D eigenvalue weighted by atomic mass is 32.1. The average molecular weight is 772 g/mol. The molecule has 1 saturated heterocycles. The molecule has 1 aliphatic heterocycles. The first kappa shape index (κ1) is 42.7. The topological polar surface area (TPSA) is 182 Å². The first-order valence-corrected chi connectivity index (χ1v) is 19.7. The molecular weight excluding hydrogens is 715 g/mol. The first-order chi connectivity index (χ1) is 25.7. The second-order valence-electron chi connectivity index (χ2n) is 15.0. The van der Waals surface area contributed by atoms with Gasteiger partial charge in [-0.2, -0.15) is 0 Å². The Labute approximate surface area is 322 Å². The lowest BCUT2D eigenvalue weighted by atomic mass is 9.95. The quantitative estimate of drug-likeness (QED) is 0.199. The number of aryl methyl sites for hydroxylation is 2. The fourth-order valence-electron chi connectivity index (χ4n) is 6.67. The molecule has 2 aliphatic rings. The zero-order valence-corrected chi connectivity index (χ0v) is 33.6. The molecule has 0 radical (unpaired) electrons. The van der Waals surface area contributed by atoms with Gasteiger partial charge in [-0.25, -0.2) is 15.0 Å². The molecule has 2 N–H and O–H groups in total. The fraction of sp³-hybridized carbons (Fsp3) is 0.684. The van der Waals surface area contributed by atoms with Gasteiger partial charge in [-0.1, -0.05) is 33.6 Å². The zero-order chi connectivity index (χ0) is 39.5. The van der Waals surface area contributed by atoms with Crippen molar-refractivity contribution in [3.8, 4) is 0 Å². The summed E-state index contributed by atoms with van der Waals surface area (Å²) in [6.07, 6.45) is 6.74. The number of thiazole rings is 1. The van der Waals surface area contributed by atoms with E-state index in [0.29, 0.717) is 55.6 Å². The summed E-state index contributed by atoms with van der Waals surface area (Å²) < 4.78 is 16.3. The second-order valence-corrected chi connectivity index (χ2v) is 15.9. The van der Waals surface area contributed by atoms with Crippen molar-refractivity contribution in [1.82, 2.24) is 35.4 Å². The number of likely N-dealkylation sites (N-methyl/N-ethyl adjacent to an activating group) is 2. The van der Waals surface area contributed by atoms with Crippen LogP contribution in [0.1, 0.15) is 99.2 Å². The molecule has 54 heavy (non-hydrogen) atoms. The molecule has 2 aromatic rings. The molecule has 6 atom stereocenters. The number of nitrogens with zero attached hydrogens (tertiary/aromatic N) is 5. The van der Waals surface area contributed by atoms with Gasteiger partial charge in [0.25, 0.3) is 5.91 Å². The van der Waals surface area contributed by atoms with Crippen LogP contribution in [0.15, 0.2) is 17.8 Å². The molecule has 1 aliphatic carbocycles. The molecule has 3 heterocycles. The summed E-state index contributed by atoms with van der Waals surface area (Å²) >= 11 is 1.19. The van der Waals surface area contributed by atoms with E-state index in [9.17, 15) is 24.0 Å². The monoisotopic (exact) mass is 771 g/mol. The van der Waals surface area contributed by atoms with Crippen molar-refractivity contribution in [2.45, 2.75) is 110 Å². The van der Waals surface area contributed by atoms with E-state index in [1.165, 1.54) is 25.4 Å². The Morgan fingerprint density at radius 2 is 1.80 bits per heavy atom. The summed E-state index contributed by atoms with van der Waals surface area (Å²) in [6.45, 7) is 10.4. The summed E-state index contributed by atoms with van der Waals surface area (Å²) in [5.74, 6) is -1.30. The minimum Gasteiger partial charge on any atom is -0.469 e. The Bertz CT molecular complexity index is 1580. The average Bonchev–Trinajstić information content (AvgIpc) is 3.82. The molecule has 0 bridgehead atoms. The summed E-state index contributed by atoms with van der Waals surface area (Å²) in [4.78, 5) is 82.6.